The molecular formula is C15H14OS. The van der Waals surface area contributed by atoms with Crippen LogP contribution in [0, 0.1) is 11.8 Å². The van der Waals surface area contributed by atoms with E-state index in [4.69, 9.17) is 4.74 Å². The Hall–Kier alpha value is -1.59. The molecule has 0 aromatic heterocycles. The highest BCUT2D eigenvalue weighted by atomic mass is 32.1. The van der Waals surface area contributed by atoms with E-state index in [-0.39, 0.29) is 0 Å². The van der Waals surface area contributed by atoms with Crippen LogP contribution in [0.2, 0.25) is 0 Å². The van der Waals surface area contributed by atoms with Crippen LogP contribution in [0.4, 0.5) is 0 Å². The predicted molar refractivity (Wildman–Crippen MR) is 75.8 cm³/mol. The fraction of sp³-hybridized carbons (Fsp3) is 0.200. The molecule has 1 nitrogen and oxygen atoms in total. The molecule has 0 heterocycles. The van der Waals surface area contributed by atoms with Crippen LogP contribution in [-0.4, -0.2) is 12.9 Å². The number of benzene rings is 2. The second-order valence-electron chi connectivity index (χ2n) is 3.70. The van der Waals surface area contributed by atoms with Crippen LogP contribution in [0.3, 0.4) is 0 Å². The summed E-state index contributed by atoms with van der Waals surface area (Å²) >= 11 is 4.13. The van der Waals surface area contributed by atoms with Crippen LogP contribution in [0.15, 0.2) is 36.4 Å². The number of rotatable bonds is 2. The van der Waals surface area contributed by atoms with Gasteiger partial charge in [-0.1, -0.05) is 24.0 Å². The Bertz CT molecular complexity index is 578. The Morgan fingerprint density at radius 2 is 1.88 bits per heavy atom. The number of ether oxygens (including phenoxy) is 1. The predicted octanol–water partition coefficient (Wildman–Crippen LogP) is 3.52. The van der Waals surface area contributed by atoms with Crippen LogP contribution in [0.25, 0.3) is 10.8 Å². The standard InChI is InChI=1S/C15H14OS/c1-16-15-8-7-13-10-12(4-2-3-9-17)5-6-14(13)11-15/h5-8,10-11,17H,3,9H2,1H3. The maximum absolute atomic E-state index is 5.20. The minimum Gasteiger partial charge on any atom is -0.497 e. The third-order valence-corrected chi connectivity index (χ3v) is 2.74. The fourth-order valence-corrected chi connectivity index (χ4v) is 1.76. The molecule has 2 aromatic rings. The topological polar surface area (TPSA) is 9.23 Å². The Morgan fingerprint density at radius 3 is 2.65 bits per heavy atom. The largest absolute Gasteiger partial charge is 0.497 e. The summed E-state index contributed by atoms with van der Waals surface area (Å²) in [5, 5.41) is 2.35. The molecule has 0 aliphatic heterocycles. The fourth-order valence-electron chi connectivity index (χ4n) is 1.65. The van der Waals surface area contributed by atoms with E-state index in [1.54, 1.807) is 7.11 Å². The zero-order valence-corrected chi connectivity index (χ0v) is 10.6. The molecule has 17 heavy (non-hydrogen) atoms. The highest BCUT2D eigenvalue weighted by Gasteiger charge is 1.97. The number of hydrogen-bond donors (Lipinski definition) is 1. The van der Waals surface area contributed by atoms with Gasteiger partial charge in [-0.2, -0.15) is 12.6 Å². The summed E-state index contributed by atoms with van der Waals surface area (Å²) in [5.41, 5.74) is 1.05. The molecule has 0 saturated heterocycles. The van der Waals surface area contributed by atoms with Crippen LogP contribution in [0.5, 0.6) is 5.75 Å². The van der Waals surface area contributed by atoms with E-state index >= 15 is 0 Å². The van der Waals surface area contributed by atoms with Gasteiger partial charge in [-0.15, -0.1) is 0 Å². The summed E-state index contributed by atoms with van der Waals surface area (Å²) in [6, 6.07) is 12.3. The SMILES string of the molecule is COc1ccc2cc(C#CCCS)ccc2c1. The van der Waals surface area contributed by atoms with Crippen molar-refractivity contribution in [1.29, 1.82) is 0 Å². The van der Waals surface area contributed by atoms with E-state index in [9.17, 15) is 0 Å². The molecule has 0 bridgehead atoms. The molecule has 2 heteroatoms. The number of thiol groups is 1. The van der Waals surface area contributed by atoms with Crippen molar-refractivity contribution >= 4 is 23.4 Å². The normalized spacial score (nSPS) is 9.76. The molecule has 0 atom stereocenters. The minimum absolute atomic E-state index is 0.803. The maximum atomic E-state index is 5.20. The lowest BCUT2D eigenvalue weighted by atomic mass is 10.1. The molecule has 0 aliphatic rings. The number of methoxy groups -OCH3 is 1. The highest BCUT2D eigenvalue weighted by molar-refractivity contribution is 7.80. The van der Waals surface area contributed by atoms with Gasteiger partial charge in [-0.25, -0.2) is 0 Å². The quantitative estimate of drug-likeness (QED) is 0.626. The Labute approximate surface area is 107 Å². The lowest BCUT2D eigenvalue weighted by Gasteiger charge is -2.02. The lowest BCUT2D eigenvalue weighted by molar-refractivity contribution is 0.415. The molecule has 0 amide bonds. The molecule has 0 fully saturated rings. The van der Waals surface area contributed by atoms with Crippen molar-refractivity contribution in [2.45, 2.75) is 6.42 Å². The van der Waals surface area contributed by atoms with E-state index in [0.29, 0.717) is 0 Å². The summed E-state index contributed by atoms with van der Waals surface area (Å²) in [7, 11) is 1.68. The van der Waals surface area contributed by atoms with Gasteiger partial charge in [0.1, 0.15) is 5.75 Å². The van der Waals surface area contributed by atoms with E-state index in [1.165, 1.54) is 10.8 Å². The number of fused-ring (bicyclic) bond motifs is 1. The van der Waals surface area contributed by atoms with Gasteiger partial charge in [0.2, 0.25) is 0 Å². The second kappa shape index (κ2) is 5.65. The van der Waals surface area contributed by atoms with Gasteiger partial charge in [0.25, 0.3) is 0 Å². The zero-order chi connectivity index (χ0) is 12.1. The molecule has 0 spiro atoms. The summed E-state index contributed by atoms with van der Waals surface area (Å²) < 4.78 is 5.20. The first-order chi connectivity index (χ1) is 8.33. The first-order valence-electron chi connectivity index (χ1n) is 5.51. The van der Waals surface area contributed by atoms with Gasteiger partial charge in [-0.3, -0.25) is 0 Å². The van der Waals surface area contributed by atoms with Crippen molar-refractivity contribution in [2.24, 2.45) is 0 Å². The highest BCUT2D eigenvalue weighted by Crippen LogP contribution is 2.21. The van der Waals surface area contributed by atoms with Crippen molar-refractivity contribution in [3.05, 3.63) is 42.0 Å². The van der Waals surface area contributed by atoms with Crippen LogP contribution >= 0.6 is 12.6 Å². The van der Waals surface area contributed by atoms with E-state index in [0.717, 1.165) is 23.5 Å². The van der Waals surface area contributed by atoms with Crippen molar-refractivity contribution in [2.75, 3.05) is 12.9 Å². The molecular weight excluding hydrogens is 228 g/mol. The smallest absolute Gasteiger partial charge is 0.119 e. The van der Waals surface area contributed by atoms with Crippen LogP contribution in [0.1, 0.15) is 12.0 Å². The second-order valence-corrected chi connectivity index (χ2v) is 4.15. The molecule has 86 valence electrons. The van der Waals surface area contributed by atoms with Gasteiger partial charge in [-0.05, 0) is 35.0 Å². The van der Waals surface area contributed by atoms with Gasteiger partial charge in [0.05, 0.1) is 7.11 Å². The van der Waals surface area contributed by atoms with Crippen molar-refractivity contribution < 1.29 is 4.74 Å². The van der Waals surface area contributed by atoms with Gasteiger partial charge < -0.3 is 4.74 Å². The van der Waals surface area contributed by atoms with Gasteiger partial charge in [0.15, 0.2) is 0 Å². The Morgan fingerprint density at radius 1 is 1.12 bits per heavy atom. The molecule has 0 unspecified atom stereocenters. The van der Waals surface area contributed by atoms with Crippen molar-refractivity contribution in [1.82, 2.24) is 0 Å². The number of hydrogen-bond acceptors (Lipinski definition) is 2. The molecule has 0 radical (unpaired) electrons. The Kier molecular flexibility index (Phi) is 3.95. The third-order valence-electron chi connectivity index (χ3n) is 2.52. The first kappa shape index (κ1) is 11.9. The molecule has 0 N–H and O–H groups in total. The third kappa shape index (κ3) is 2.95. The molecule has 0 saturated carbocycles. The molecule has 0 aliphatic carbocycles. The lowest BCUT2D eigenvalue weighted by Crippen LogP contribution is -1.83. The average Bonchev–Trinajstić information content (AvgIpc) is 2.38. The Balaban J connectivity index is 2.36. The van der Waals surface area contributed by atoms with Crippen molar-refractivity contribution in [3.63, 3.8) is 0 Å². The summed E-state index contributed by atoms with van der Waals surface area (Å²) in [4.78, 5) is 0. The van der Waals surface area contributed by atoms with Crippen molar-refractivity contribution in [3.8, 4) is 17.6 Å². The van der Waals surface area contributed by atoms with E-state index < -0.39 is 0 Å². The zero-order valence-electron chi connectivity index (χ0n) is 9.73. The van der Waals surface area contributed by atoms with E-state index in [2.05, 4.69) is 42.7 Å². The van der Waals surface area contributed by atoms with Gasteiger partial charge >= 0.3 is 0 Å². The first-order valence-corrected chi connectivity index (χ1v) is 6.14. The van der Waals surface area contributed by atoms with Crippen LogP contribution in [-0.2, 0) is 0 Å². The van der Waals surface area contributed by atoms with E-state index in [1.807, 2.05) is 18.2 Å². The summed E-state index contributed by atoms with van der Waals surface area (Å²) in [6.45, 7) is 0. The molecule has 2 rings (SSSR count). The van der Waals surface area contributed by atoms with Gasteiger partial charge in [0, 0.05) is 17.7 Å². The average molecular weight is 242 g/mol. The summed E-state index contributed by atoms with van der Waals surface area (Å²) in [6.07, 6.45) is 0.823. The summed E-state index contributed by atoms with van der Waals surface area (Å²) in [5.74, 6) is 7.91. The monoisotopic (exact) mass is 242 g/mol. The minimum atomic E-state index is 0.803. The van der Waals surface area contributed by atoms with Crippen LogP contribution < -0.4 is 4.74 Å². The molecule has 2 aromatic carbocycles. The maximum Gasteiger partial charge on any atom is 0.119 e.